The molecule has 2 saturated heterocycles. The van der Waals surface area contributed by atoms with Gasteiger partial charge in [-0.3, -0.25) is 14.4 Å². The average Bonchev–Trinajstić information content (AvgIpc) is 3.65. The fourth-order valence-electron chi connectivity index (χ4n) is 5.12. The van der Waals surface area contributed by atoms with Crippen molar-refractivity contribution in [2.75, 3.05) is 25.0 Å². The fraction of sp³-hybridized carbons (Fsp3) is 0.393. The highest BCUT2D eigenvalue weighted by molar-refractivity contribution is 5.97. The molecule has 2 aromatic rings. The molecular formula is C28H28F3N3O4. The summed E-state index contributed by atoms with van der Waals surface area (Å²) in [6, 6.07) is 12.1. The van der Waals surface area contributed by atoms with Crippen molar-refractivity contribution in [2.24, 2.45) is 11.8 Å². The Morgan fingerprint density at radius 2 is 1.66 bits per heavy atom. The van der Waals surface area contributed by atoms with Crippen molar-refractivity contribution >= 4 is 29.5 Å². The highest BCUT2D eigenvalue weighted by Crippen LogP contribution is 2.33. The molecule has 1 aliphatic carbocycles. The maximum absolute atomic E-state index is 13.3. The normalized spacial score (nSPS) is 21.3. The monoisotopic (exact) mass is 527 g/mol. The minimum atomic E-state index is -4.76. The first-order valence-corrected chi connectivity index (χ1v) is 12.7. The summed E-state index contributed by atoms with van der Waals surface area (Å²) < 4.78 is 40.8. The molecule has 0 radical (unpaired) electrons. The third kappa shape index (κ3) is 6.17. The van der Waals surface area contributed by atoms with Crippen molar-refractivity contribution in [2.45, 2.75) is 38.1 Å². The van der Waals surface area contributed by atoms with E-state index in [0.29, 0.717) is 36.4 Å². The molecule has 3 aliphatic rings. The zero-order valence-electron chi connectivity index (χ0n) is 20.6. The Bertz CT molecular complexity index is 1220. The van der Waals surface area contributed by atoms with Crippen LogP contribution in [0, 0.1) is 11.8 Å². The highest BCUT2D eigenvalue weighted by atomic mass is 19.4. The number of alkyl halides is 3. The van der Waals surface area contributed by atoms with Gasteiger partial charge in [0.2, 0.25) is 11.8 Å². The minimum absolute atomic E-state index is 0.0141. The molecule has 1 saturated carbocycles. The van der Waals surface area contributed by atoms with Crippen molar-refractivity contribution in [1.29, 1.82) is 0 Å². The maximum atomic E-state index is 13.3. The van der Waals surface area contributed by atoms with Gasteiger partial charge in [0.05, 0.1) is 6.04 Å². The van der Waals surface area contributed by atoms with Crippen LogP contribution in [0.3, 0.4) is 0 Å². The lowest BCUT2D eigenvalue weighted by Gasteiger charge is -2.36. The summed E-state index contributed by atoms with van der Waals surface area (Å²) in [5.74, 6) is -0.333. The van der Waals surface area contributed by atoms with Gasteiger partial charge < -0.3 is 19.9 Å². The summed E-state index contributed by atoms with van der Waals surface area (Å²) in [5.41, 5.74) is 1.78. The maximum Gasteiger partial charge on any atom is 0.573 e. The first kappa shape index (κ1) is 25.8. The molecule has 0 spiro atoms. The number of nitrogens with zero attached hydrogens (tertiary/aromatic N) is 2. The second kappa shape index (κ2) is 10.5. The van der Waals surface area contributed by atoms with E-state index in [1.165, 1.54) is 30.3 Å². The number of ether oxygens (including phenoxy) is 1. The van der Waals surface area contributed by atoms with Gasteiger partial charge in [-0.05, 0) is 79.6 Å². The molecule has 7 nitrogen and oxygen atoms in total. The lowest BCUT2D eigenvalue weighted by molar-refractivity contribution is -0.274. The van der Waals surface area contributed by atoms with Gasteiger partial charge in [-0.2, -0.15) is 0 Å². The Morgan fingerprint density at radius 3 is 2.32 bits per heavy atom. The molecule has 5 rings (SSSR count). The van der Waals surface area contributed by atoms with E-state index in [4.69, 9.17) is 0 Å². The number of likely N-dealkylation sites (tertiary alicyclic amines) is 2. The molecule has 2 aromatic carbocycles. The number of carbonyl (C=O) groups excluding carboxylic acids is 3. The van der Waals surface area contributed by atoms with Crippen molar-refractivity contribution in [1.82, 2.24) is 9.80 Å². The molecule has 38 heavy (non-hydrogen) atoms. The summed E-state index contributed by atoms with van der Waals surface area (Å²) in [7, 11) is 0. The fourth-order valence-corrected chi connectivity index (χ4v) is 5.12. The van der Waals surface area contributed by atoms with Crippen LogP contribution in [0.1, 0.15) is 41.6 Å². The molecule has 1 N–H and O–H groups in total. The van der Waals surface area contributed by atoms with E-state index in [1.807, 2.05) is 4.90 Å². The molecule has 3 amide bonds. The molecule has 0 bridgehead atoms. The van der Waals surface area contributed by atoms with Crippen molar-refractivity contribution < 1.29 is 32.3 Å². The number of rotatable bonds is 6. The SMILES string of the molecule is O=C(Nc1ccc(C(=O)N2CCC[C@@H]3CN(C(=O)/C=C/c4ccc(OC(F)(F)F)cc4)C[C@@H]32)cc1)C1CC1. The van der Waals surface area contributed by atoms with Crippen LogP contribution in [-0.2, 0) is 9.59 Å². The van der Waals surface area contributed by atoms with E-state index in [0.717, 1.165) is 25.7 Å². The number of nitrogens with one attached hydrogen (secondary N) is 1. The van der Waals surface area contributed by atoms with Crippen molar-refractivity contribution in [3.05, 3.63) is 65.7 Å². The molecular weight excluding hydrogens is 499 g/mol. The Hall–Kier alpha value is -3.82. The Labute approximate surface area is 218 Å². The lowest BCUT2D eigenvalue weighted by atomic mass is 9.91. The van der Waals surface area contributed by atoms with Gasteiger partial charge in [0.15, 0.2) is 0 Å². The van der Waals surface area contributed by atoms with Crippen LogP contribution in [0.2, 0.25) is 0 Å². The number of fused-ring (bicyclic) bond motifs is 1. The van der Waals surface area contributed by atoms with E-state index in [1.54, 1.807) is 35.2 Å². The minimum Gasteiger partial charge on any atom is -0.406 e. The topological polar surface area (TPSA) is 79.0 Å². The average molecular weight is 528 g/mol. The van der Waals surface area contributed by atoms with Crippen LogP contribution in [0.4, 0.5) is 18.9 Å². The summed E-state index contributed by atoms with van der Waals surface area (Å²) in [4.78, 5) is 41.7. The van der Waals surface area contributed by atoms with Crippen LogP contribution in [0.5, 0.6) is 5.75 Å². The van der Waals surface area contributed by atoms with Crippen LogP contribution in [0.15, 0.2) is 54.6 Å². The van der Waals surface area contributed by atoms with Gasteiger partial charge in [-0.25, -0.2) is 0 Å². The molecule has 2 atom stereocenters. The molecule has 2 heterocycles. The number of amides is 3. The number of carbonyl (C=O) groups is 3. The van der Waals surface area contributed by atoms with Crippen LogP contribution < -0.4 is 10.1 Å². The van der Waals surface area contributed by atoms with Crippen LogP contribution in [-0.4, -0.2) is 59.6 Å². The van der Waals surface area contributed by atoms with Crippen LogP contribution in [0.25, 0.3) is 6.08 Å². The number of anilines is 1. The third-order valence-electron chi connectivity index (χ3n) is 7.23. The number of hydrogen-bond acceptors (Lipinski definition) is 4. The summed E-state index contributed by atoms with van der Waals surface area (Å²) in [6.45, 7) is 1.58. The van der Waals surface area contributed by atoms with Gasteiger partial charge in [-0.15, -0.1) is 13.2 Å². The van der Waals surface area contributed by atoms with E-state index < -0.39 is 6.36 Å². The molecule has 0 aromatic heterocycles. The largest absolute Gasteiger partial charge is 0.573 e. The number of benzene rings is 2. The lowest BCUT2D eigenvalue weighted by Crippen LogP contribution is -2.48. The van der Waals surface area contributed by atoms with E-state index in [-0.39, 0.29) is 41.3 Å². The highest BCUT2D eigenvalue weighted by Gasteiger charge is 2.42. The van der Waals surface area contributed by atoms with Gasteiger partial charge in [0.25, 0.3) is 5.91 Å². The van der Waals surface area contributed by atoms with E-state index in [9.17, 15) is 27.6 Å². The Morgan fingerprint density at radius 1 is 0.947 bits per heavy atom. The predicted octanol–water partition coefficient (Wildman–Crippen LogP) is 4.71. The summed E-state index contributed by atoms with van der Waals surface area (Å²) in [5, 5.41) is 2.87. The van der Waals surface area contributed by atoms with E-state index >= 15 is 0 Å². The van der Waals surface area contributed by atoms with Crippen molar-refractivity contribution in [3.63, 3.8) is 0 Å². The number of hydrogen-bond donors (Lipinski definition) is 1. The van der Waals surface area contributed by atoms with Crippen molar-refractivity contribution in [3.8, 4) is 5.75 Å². The standard InChI is InChI=1S/C28H28F3N3O4/c29-28(30,31)38-23-12-3-18(4-13-23)5-14-25(35)33-16-21-2-1-15-34(24(21)17-33)27(37)20-8-10-22(11-9-20)32-26(36)19-6-7-19/h3-5,8-14,19,21,24H,1-2,6-7,15-17H2,(H,32,36)/b14-5+/t21-,24+/m1/s1. The van der Waals surface area contributed by atoms with Gasteiger partial charge in [0, 0.05) is 42.9 Å². The van der Waals surface area contributed by atoms with Gasteiger partial charge in [0.1, 0.15) is 5.75 Å². The third-order valence-corrected chi connectivity index (χ3v) is 7.23. The first-order valence-electron chi connectivity index (χ1n) is 12.7. The molecule has 0 unspecified atom stereocenters. The number of halogens is 3. The molecule has 10 heteroatoms. The molecule has 3 fully saturated rings. The zero-order valence-corrected chi connectivity index (χ0v) is 20.6. The zero-order chi connectivity index (χ0) is 26.9. The molecule has 2 aliphatic heterocycles. The second-order valence-corrected chi connectivity index (χ2v) is 10.0. The smallest absolute Gasteiger partial charge is 0.406 e. The first-order chi connectivity index (χ1) is 18.2. The van der Waals surface area contributed by atoms with Gasteiger partial charge in [-0.1, -0.05) is 12.1 Å². The molecule has 200 valence electrons. The van der Waals surface area contributed by atoms with Crippen LogP contribution >= 0.6 is 0 Å². The van der Waals surface area contributed by atoms with E-state index in [2.05, 4.69) is 10.1 Å². The Balaban J connectivity index is 1.19. The quantitative estimate of drug-likeness (QED) is 0.552. The Kier molecular flexibility index (Phi) is 7.14. The summed E-state index contributed by atoms with van der Waals surface area (Å²) >= 11 is 0. The second-order valence-electron chi connectivity index (χ2n) is 10.0. The predicted molar refractivity (Wildman–Crippen MR) is 134 cm³/mol. The summed E-state index contributed by atoms with van der Waals surface area (Å²) in [6.07, 6.45) is 1.81. The number of piperidine rings is 1. The van der Waals surface area contributed by atoms with Gasteiger partial charge >= 0.3 is 6.36 Å².